The van der Waals surface area contributed by atoms with Crippen LogP contribution in [0.15, 0.2) is 36.4 Å². The molecule has 8 heteroatoms. The summed E-state index contributed by atoms with van der Waals surface area (Å²) < 4.78 is 30.9. The third kappa shape index (κ3) is 5.14. The van der Waals surface area contributed by atoms with Crippen molar-refractivity contribution < 1.29 is 23.1 Å². The van der Waals surface area contributed by atoms with Crippen LogP contribution in [0.1, 0.15) is 28.9 Å². The van der Waals surface area contributed by atoms with E-state index in [1.54, 1.807) is 31.2 Å². The number of carbonyl (C=O) groups is 2. The molecule has 0 aromatic heterocycles. The summed E-state index contributed by atoms with van der Waals surface area (Å²) in [5, 5.41) is 2.89. The van der Waals surface area contributed by atoms with Crippen molar-refractivity contribution in [2.75, 3.05) is 6.61 Å². The zero-order chi connectivity index (χ0) is 18.6. The van der Waals surface area contributed by atoms with Crippen LogP contribution >= 0.6 is 23.2 Å². The third-order valence-electron chi connectivity index (χ3n) is 3.31. The van der Waals surface area contributed by atoms with Crippen LogP contribution in [0.4, 0.5) is 8.78 Å². The zero-order valence-corrected chi connectivity index (χ0v) is 14.5. The molecular formula is C17H13Cl2F2NO3. The molecule has 0 spiro atoms. The van der Waals surface area contributed by atoms with Crippen LogP contribution in [0, 0.1) is 11.6 Å². The fourth-order valence-electron chi connectivity index (χ4n) is 2.01. The Morgan fingerprint density at radius 3 is 2.36 bits per heavy atom. The van der Waals surface area contributed by atoms with E-state index in [0.717, 1.165) is 5.56 Å². The van der Waals surface area contributed by atoms with Crippen LogP contribution in [-0.2, 0) is 9.53 Å². The van der Waals surface area contributed by atoms with Crippen molar-refractivity contribution in [1.82, 2.24) is 5.32 Å². The molecule has 0 heterocycles. The molecule has 1 amide bonds. The van der Waals surface area contributed by atoms with Gasteiger partial charge in [-0.3, -0.25) is 4.79 Å². The summed E-state index contributed by atoms with van der Waals surface area (Å²) in [6, 6.07) is 7.82. The summed E-state index contributed by atoms with van der Waals surface area (Å²) >= 11 is 11.5. The average molecular weight is 388 g/mol. The predicted octanol–water partition coefficient (Wildman–Crippen LogP) is 4.31. The first-order valence-corrected chi connectivity index (χ1v) is 7.90. The van der Waals surface area contributed by atoms with Gasteiger partial charge in [0.05, 0.1) is 16.6 Å². The molecule has 2 aromatic carbocycles. The lowest BCUT2D eigenvalue weighted by molar-refractivity contribution is -0.124. The Labute approximate surface area is 152 Å². The summed E-state index contributed by atoms with van der Waals surface area (Å²) in [7, 11) is 0. The zero-order valence-electron chi connectivity index (χ0n) is 13.0. The van der Waals surface area contributed by atoms with Gasteiger partial charge in [-0.2, -0.15) is 0 Å². The van der Waals surface area contributed by atoms with Gasteiger partial charge in [0, 0.05) is 5.02 Å². The molecule has 132 valence electrons. The van der Waals surface area contributed by atoms with Crippen LogP contribution in [0.3, 0.4) is 0 Å². The highest BCUT2D eigenvalue weighted by molar-refractivity contribution is 6.33. The Kier molecular flexibility index (Phi) is 6.33. The SMILES string of the molecule is C[C@@H](NC(=O)COC(=O)c1cc(F)c(F)cc1Cl)c1ccc(Cl)cc1. The number of carbonyl (C=O) groups excluding carboxylic acids is 2. The fraction of sp³-hybridized carbons (Fsp3) is 0.176. The maximum absolute atomic E-state index is 13.2. The summed E-state index contributed by atoms with van der Waals surface area (Å²) in [6.07, 6.45) is 0. The lowest BCUT2D eigenvalue weighted by Gasteiger charge is -2.14. The molecule has 0 unspecified atom stereocenters. The first kappa shape index (κ1) is 19.1. The quantitative estimate of drug-likeness (QED) is 0.614. The van der Waals surface area contributed by atoms with Crippen LogP contribution < -0.4 is 5.32 Å². The fourth-order valence-corrected chi connectivity index (χ4v) is 2.36. The van der Waals surface area contributed by atoms with E-state index in [1.807, 2.05) is 0 Å². The summed E-state index contributed by atoms with van der Waals surface area (Å²) in [4.78, 5) is 23.7. The van der Waals surface area contributed by atoms with Crippen molar-refractivity contribution >= 4 is 35.1 Å². The molecule has 0 aliphatic carbocycles. The number of amides is 1. The monoisotopic (exact) mass is 387 g/mol. The Bertz CT molecular complexity index is 797. The van der Waals surface area contributed by atoms with Crippen molar-refractivity contribution in [3.63, 3.8) is 0 Å². The molecule has 2 aromatic rings. The lowest BCUT2D eigenvalue weighted by Crippen LogP contribution is -2.31. The maximum atomic E-state index is 13.2. The Morgan fingerprint density at radius 1 is 1.12 bits per heavy atom. The summed E-state index contributed by atoms with van der Waals surface area (Å²) in [6.45, 7) is 1.15. The number of hydrogen-bond acceptors (Lipinski definition) is 3. The number of benzene rings is 2. The number of halogens is 4. The molecule has 0 bridgehead atoms. The first-order chi connectivity index (χ1) is 11.8. The Morgan fingerprint density at radius 2 is 1.72 bits per heavy atom. The highest BCUT2D eigenvalue weighted by Gasteiger charge is 2.18. The molecule has 4 nitrogen and oxygen atoms in total. The van der Waals surface area contributed by atoms with Crippen molar-refractivity contribution in [2.24, 2.45) is 0 Å². The minimum Gasteiger partial charge on any atom is -0.452 e. The molecule has 25 heavy (non-hydrogen) atoms. The highest BCUT2D eigenvalue weighted by Crippen LogP contribution is 2.21. The number of rotatable bonds is 5. The van der Waals surface area contributed by atoms with E-state index in [4.69, 9.17) is 27.9 Å². The molecule has 1 N–H and O–H groups in total. The second kappa shape index (κ2) is 8.27. The molecule has 1 atom stereocenters. The van der Waals surface area contributed by atoms with E-state index in [-0.39, 0.29) is 16.6 Å². The van der Waals surface area contributed by atoms with Gasteiger partial charge >= 0.3 is 5.97 Å². The molecule has 2 rings (SSSR count). The normalized spacial score (nSPS) is 11.7. The largest absolute Gasteiger partial charge is 0.452 e. The van der Waals surface area contributed by atoms with Crippen LogP contribution in [0.2, 0.25) is 10.0 Å². The van der Waals surface area contributed by atoms with E-state index >= 15 is 0 Å². The number of nitrogens with one attached hydrogen (secondary N) is 1. The van der Waals surface area contributed by atoms with Gasteiger partial charge in [-0.25, -0.2) is 13.6 Å². The Hall–Kier alpha value is -2.18. The minimum atomic E-state index is -1.24. The van der Waals surface area contributed by atoms with E-state index in [1.165, 1.54) is 0 Å². The smallest absolute Gasteiger partial charge is 0.340 e. The van der Waals surface area contributed by atoms with Gasteiger partial charge in [-0.15, -0.1) is 0 Å². The van der Waals surface area contributed by atoms with Gasteiger partial charge in [0.25, 0.3) is 5.91 Å². The number of ether oxygens (including phenoxy) is 1. The van der Waals surface area contributed by atoms with Crippen molar-refractivity contribution in [1.29, 1.82) is 0 Å². The van der Waals surface area contributed by atoms with Gasteiger partial charge < -0.3 is 10.1 Å². The standard InChI is InChI=1S/C17H13Cl2F2NO3/c1-9(10-2-4-11(18)5-3-10)22-16(23)8-25-17(24)12-6-14(20)15(21)7-13(12)19/h2-7,9H,8H2,1H3,(H,22,23)/t9-/m1/s1. The van der Waals surface area contributed by atoms with Crippen LogP contribution in [-0.4, -0.2) is 18.5 Å². The molecular weight excluding hydrogens is 375 g/mol. The first-order valence-electron chi connectivity index (χ1n) is 7.14. The van der Waals surface area contributed by atoms with E-state index < -0.39 is 30.1 Å². The van der Waals surface area contributed by atoms with Gasteiger partial charge in [-0.1, -0.05) is 35.3 Å². The second-order valence-electron chi connectivity index (χ2n) is 5.16. The molecule has 0 radical (unpaired) electrons. The summed E-state index contributed by atoms with van der Waals surface area (Å²) in [5.41, 5.74) is 0.451. The van der Waals surface area contributed by atoms with E-state index in [9.17, 15) is 18.4 Å². The van der Waals surface area contributed by atoms with Crippen molar-refractivity contribution in [2.45, 2.75) is 13.0 Å². The van der Waals surface area contributed by atoms with Gasteiger partial charge in [0.15, 0.2) is 18.2 Å². The Balaban J connectivity index is 1.92. The second-order valence-corrected chi connectivity index (χ2v) is 6.01. The maximum Gasteiger partial charge on any atom is 0.340 e. The third-order valence-corrected chi connectivity index (χ3v) is 3.88. The molecule has 0 aliphatic rings. The van der Waals surface area contributed by atoms with Gasteiger partial charge in [0.1, 0.15) is 0 Å². The molecule has 0 fully saturated rings. The minimum absolute atomic E-state index is 0.307. The number of hydrogen-bond donors (Lipinski definition) is 1. The average Bonchev–Trinajstić information content (AvgIpc) is 2.56. The van der Waals surface area contributed by atoms with E-state index in [0.29, 0.717) is 17.2 Å². The molecule has 0 saturated heterocycles. The molecule has 0 saturated carbocycles. The van der Waals surface area contributed by atoms with Gasteiger partial charge in [0.2, 0.25) is 0 Å². The lowest BCUT2D eigenvalue weighted by atomic mass is 10.1. The van der Waals surface area contributed by atoms with Crippen LogP contribution in [0.25, 0.3) is 0 Å². The van der Waals surface area contributed by atoms with Gasteiger partial charge in [-0.05, 0) is 36.8 Å². The van der Waals surface area contributed by atoms with E-state index in [2.05, 4.69) is 5.32 Å². The predicted molar refractivity (Wildman–Crippen MR) is 89.7 cm³/mol. The molecule has 0 aliphatic heterocycles. The number of esters is 1. The van der Waals surface area contributed by atoms with Crippen LogP contribution in [0.5, 0.6) is 0 Å². The van der Waals surface area contributed by atoms with Crippen molar-refractivity contribution in [3.05, 3.63) is 69.2 Å². The highest BCUT2D eigenvalue weighted by atomic mass is 35.5. The van der Waals surface area contributed by atoms with Crippen molar-refractivity contribution in [3.8, 4) is 0 Å². The topological polar surface area (TPSA) is 55.4 Å². The summed E-state index contributed by atoms with van der Waals surface area (Å²) in [5.74, 6) is -4.01.